The highest BCUT2D eigenvalue weighted by atomic mass is 32.1. The summed E-state index contributed by atoms with van der Waals surface area (Å²) in [6.07, 6.45) is 2.83. The topological polar surface area (TPSA) is 84.7 Å². The largest absolute Gasteiger partial charge is 0.497 e. The molecule has 0 aliphatic heterocycles. The molecule has 1 unspecified atom stereocenters. The summed E-state index contributed by atoms with van der Waals surface area (Å²) in [6.45, 7) is 2.49. The van der Waals surface area contributed by atoms with Crippen molar-refractivity contribution in [1.29, 1.82) is 0 Å². The number of benzene rings is 2. The fourth-order valence-corrected chi connectivity index (χ4v) is 5.39. The van der Waals surface area contributed by atoms with Gasteiger partial charge in [-0.1, -0.05) is 18.2 Å². The van der Waals surface area contributed by atoms with Crippen molar-refractivity contribution in [2.75, 3.05) is 19.5 Å². The van der Waals surface area contributed by atoms with Crippen LogP contribution in [0.3, 0.4) is 0 Å². The van der Waals surface area contributed by atoms with Crippen LogP contribution in [0.15, 0.2) is 36.4 Å². The average molecular weight is 438 g/mol. The van der Waals surface area contributed by atoms with Crippen molar-refractivity contribution < 1.29 is 14.3 Å². The summed E-state index contributed by atoms with van der Waals surface area (Å²) in [4.78, 5) is 28.0. The fraction of sp³-hybridized carbons (Fsp3) is 0.333. The summed E-state index contributed by atoms with van der Waals surface area (Å²) >= 11 is 1.48. The number of hydrogen-bond donors (Lipinski definition) is 2. The number of likely N-dealkylation sites (N-methyl/N-ethyl adjacent to an activating group) is 1. The number of rotatable bonds is 7. The third-order valence-corrected chi connectivity index (χ3v) is 7.20. The number of ether oxygens (including phenoxy) is 1. The van der Waals surface area contributed by atoms with Crippen LogP contribution in [-0.2, 0) is 24.2 Å². The summed E-state index contributed by atoms with van der Waals surface area (Å²) in [5, 5.41) is 5.78. The van der Waals surface area contributed by atoms with E-state index in [-0.39, 0.29) is 11.9 Å². The van der Waals surface area contributed by atoms with Crippen molar-refractivity contribution in [2.24, 2.45) is 5.73 Å². The first-order chi connectivity index (χ1) is 14.9. The quantitative estimate of drug-likeness (QED) is 0.586. The molecule has 2 amide bonds. The number of nitrogens with one attached hydrogen (secondary N) is 1. The number of primary amides is 1. The lowest BCUT2D eigenvalue weighted by molar-refractivity contribution is -0.120. The second-order valence-electron chi connectivity index (χ2n) is 8.05. The number of methoxy groups -OCH3 is 1. The summed E-state index contributed by atoms with van der Waals surface area (Å²) in [5.74, 6) is 0.219. The zero-order valence-electron chi connectivity index (χ0n) is 18.0. The number of hydrogen-bond acceptors (Lipinski definition) is 5. The van der Waals surface area contributed by atoms with E-state index in [0.29, 0.717) is 17.1 Å². The molecule has 0 spiro atoms. The Morgan fingerprint density at radius 2 is 1.94 bits per heavy atom. The Morgan fingerprint density at radius 3 is 2.68 bits per heavy atom. The van der Waals surface area contributed by atoms with E-state index in [1.54, 1.807) is 7.11 Å². The first-order valence-corrected chi connectivity index (χ1v) is 11.2. The lowest BCUT2D eigenvalue weighted by Crippen LogP contribution is -2.39. The molecule has 0 fully saturated rings. The molecule has 7 heteroatoms. The summed E-state index contributed by atoms with van der Waals surface area (Å²) in [6, 6.07) is 11.9. The van der Waals surface area contributed by atoms with Crippen molar-refractivity contribution in [1.82, 2.24) is 4.90 Å². The van der Waals surface area contributed by atoms with Gasteiger partial charge in [0.25, 0.3) is 5.91 Å². The number of anilines is 1. The molecule has 6 nitrogen and oxygen atoms in total. The number of carbonyl (C=O) groups excluding carboxylic acids is 2. The third kappa shape index (κ3) is 4.29. The Labute approximate surface area is 186 Å². The second kappa shape index (κ2) is 8.69. The van der Waals surface area contributed by atoms with Crippen LogP contribution < -0.4 is 15.8 Å². The fourth-order valence-electron chi connectivity index (χ4n) is 4.09. The molecule has 4 rings (SSSR count). The van der Waals surface area contributed by atoms with Crippen LogP contribution in [0.4, 0.5) is 5.00 Å². The summed E-state index contributed by atoms with van der Waals surface area (Å²) in [5.41, 5.74) is 8.23. The molecular formula is C24H27N3O3S. The zero-order chi connectivity index (χ0) is 22.1. The van der Waals surface area contributed by atoms with Crippen LogP contribution in [0.2, 0.25) is 0 Å². The van der Waals surface area contributed by atoms with Crippen LogP contribution in [-0.4, -0.2) is 36.9 Å². The molecule has 0 radical (unpaired) electrons. The lowest BCUT2D eigenvalue weighted by Gasteiger charge is -2.24. The van der Waals surface area contributed by atoms with Crippen molar-refractivity contribution in [3.63, 3.8) is 0 Å². The number of nitrogens with two attached hydrogens (primary N) is 1. The van der Waals surface area contributed by atoms with Gasteiger partial charge in [-0.05, 0) is 73.3 Å². The van der Waals surface area contributed by atoms with Crippen LogP contribution in [0.25, 0.3) is 10.8 Å². The number of carbonyl (C=O) groups is 2. The van der Waals surface area contributed by atoms with Crippen LogP contribution in [0.1, 0.15) is 39.7 Å². The SMILES string of the molecule is COc1ccc2cc(CN(C)C(C)C(=O)Nc3sc4c(c3C(N)=O)CCC4)ccc2c1. The Kier molecular flexibility index (Phi) is 5.98. The number of fused-ring (bicyclic) bond motifs is 2. The van der Waals surface area contributed by atoms with E-state index in [9.17, 15) is 9.59 Å². The van der Waals surface area contributed by atoms with Gasteiger partial charge in [-0.2, -0.15) is 0 Å². The third-order valence-electron chi connectivity index (χ3n) is 5.99. The molecule has 1 heterocycles. The molecule has 3 N–H and O–H groups in total. The minimum atomic E-state index is -0.469. The molecule has 1 aromatic heterocycles. The number of nitrogens with zero attached hydrogens (tertiary/aromatic N) is 1. The van der Waals surface area contributed by atoms with E-state index in [0.717, 1.165) is 51.8 Å². The smallest absolute Gasteiger partial charge is 0.251 e. The molecule has 31 heavy (non-hydrogen) atoms. The number of amides is 2. The predicted octanol–water partition coefficient (Wildman–Crippen LogP) is 3.96. The summed E-state index contributed by atoms with van der Waals surface area (Å²) < 4.78 is 5.29. The molecule has 1 aliphatic rings. The first kappa shape index (κ1) is 21.3. The normalized spacial score (nSPS) is 13.9. The lowest BCUT2D eigenvalue weighted by atomic mass is 10.1. The van der Waals surface area contributed by atoms with E-state index in [1.165, 1.54) is 11.3 Å². The molecule has 0 saturated heterocycles. The average Bonchev–Trinajstić information content (AvgIpc) is 3.33. The Morgan fingerprint density at radius 1 is 1.19 bits per heavy atom. The maximum absolute atomic E-state index is 12.9. The van der Waals surface area contributed by atoms with Gasteiger partial charge >= 0.3 is 0 Å². The van der Waals surface area contributed by atoms with Crippen LogP contribution in [0, 0.1) is 0 Å². The van der Waals surface area contributed by atoms with Gasteiger partial charge < -0.3 is 15.8 Å². The van der Waals surface area contributed by atoms with Crippen molar-refractivity contribution in [3.05, 3.63) is 58.0 Å². The van der Waals surface area contributed by atoms with Crippen LogP contribution in [0.5, 0.6) is 5.75 Å². The van der Waals surface area contributed by atoms with Crippen molar-refractivity contribution in [2.45, 2.75) is 38.8 Å². The van der Waals surface area contributed by atoms with Gasteiger partial charge in [-0.15, -0.1) is 11.3 Å². The van der Waals surface area contributed by atoms with E-state index in [4.69, 9.17) is 10.5 Å². The van der Waals surface area contributed by atoms with E-state index in [1.807, 2.05) is 37.1 Å². The maximum Gasteiger partial charge on any atom is 0.251 e. The van der Waals surface area contributed by atoms with Crippen molar-refractivity contribution in [3.8, 4) is 5.75 Å². The van der Waals surface area contributed by atoms with Gasteiger partial charge in [0.1, 0.15) is 10.8 Å². The van der Waals surface area contributed by atoms with Gasteiger partial charge in [0, 0.05) is 11.4 Å². The highest BCUT2D eigenvalue weighted by Crippen LogP contribution is 2.39. The predicted molar refractivity (Wildman–Crippen MR) is 125 cm³/mol. The molecule has 162 valence electrons. The minimum Gasteiger partial charge on any atom is -0.497 e. The molecule has 1 atom stereocenters. The standard InChI is InChI=1S/C24H27N3O3S/c1-14(23(29)26-24-21(22(25)28)19-5-4-6-20(19)31-24)27(2)13-15-7-8-17-12-18(30-3)10-9-16(17)11-15/h7-12,14H,4-6,13H2,1-3H3,(H2,25,28)(H,26,29). The summed E-state index contributed by atoms with van der Waals surface area (Å²) in [7, 11) is 3.58. The van der Waals surface area contributed by atoms with Crippen molar-refractivity contribution >= 4 is 38.9 Å². The van der Waals surface area contributed by atoms with E-state index < -0.39 is 5.91 Å². The number of thiophene rings is 1. The molecule has 0 bridgehead atoms. The highest BCUT2D eigenvalue weighted by Gasteiger charge is 2.27. The number of aryl methyl sites for hydroxylation is 1. The van der Waals surface area contributed by atoms with Gasteiger partial charge in [0.15, 0.2) is 0 Å². The minimum absolute atomic E-state index is 0.143. The van der Waals surface area contributed by atoms with Gasteiger partial charge in [-0.25, -0.2) is 0 Å². The molecule has 2 aromatic carbocycles. The second-order valence-corrected chi connectivity index (χ2v) is 9.16. The Hall–Kier alpha value is -2.90. The maximum atomic E-state index is 12.9. The first-order valence-electron chi connectivity index (χ1n) is 10.4. The Bertz CT molecular complexity index is 1150. The molecule has 1 aliphatic carbocycles. The van der Waals surface area contributed by atoms with E-state index >= 15 is 0 Å². The highest BCUT2D eigenvalue weighted by molar-refractivity contribution is 7.17. The molecular weight excluding hydrogens is 410 g/mol. The van der Waals surface area contributed by atoms with Gasteiger partial charge in [0.2, 0.25) is 5.91 Å². The van der Waals surface area contributed by atoms with E-state index in [2.05, 4.69) is 23.5 Å². The molecule has 3 aromatic rings. The zero-order valence-corrected chi connectivity index (χ0v) is 18.8. The van der Waals surface area contributed by atoms with Gasteiger partial charge in [-0.3, -0.25) is 14.5 Å². The van der Waals surface area contributed by atoms with Crippen LogP contribution >= 0.6 is 11.3 Å². The molecule has 0 saturated carbocycles. The Balaban J connectivity index is 1.46. The van der Waals surface area contributed by atoms with Gasteiger partial charge in [0.05, 0.1) is 18.7 Å². The monoisotopic (exact) mass is 437 g/mol.